The molecule has 18 heavy (non-hydrogen) atoms. The SMILES string of the molecule is CN(C)C(c1nc(CN)cs1)c1ccccc1Cl. The van der Waals surface area contributed by atoms with Crippen LogP contribution in [0.5, 0.6) is 0 Å². The van der Waals surface area contributed by atoms with Crippen LogP contribution in [0.1, 0.15) is 22.3 Å². The molecule has 1 atom stereocenters. The normalized spacial score (nSPS) is 12.9. The molecule has 1 aromatic heterocycles. The van der Waals surface area contributed by atoms with E-state index in [0.717, 1.165) is 21.3 Å². The highest BCUT2D eigenvalue weighted by molar-refractivity contribution is 7.09. The van der Waals surface area contributed by atoms with Crippen molar-refractivity contribution in [3.8, 4) is 0 Å². The molecule has 0 bridgehead atoms. The van der Waals surface area contributed by atoms with E-state index in [1.54, 1.807) is 11.3 Å². The van der Waals surface area contributed by atoms with Gasteiger partial charge in [0.15, 0.2) is 0 Å². The molecular formula is C13H16ClN3S. The van der Waals surface area contributed by atoms with Gasteiger partial charge in [0.25, 0.3) is 0 Å². The van der Waals surface area contributed by atoms with E-state index in [2.05, 4.69) is 9.88 Å². The van der Waals surface area contributed by atoms with Crippen LogP contribution in [0, 0.1) is 0 Å². The van der Waals surface area contributed by atoms with Crippen molar-refractivity contribution in [2.45, 2.75) is 12.6 Å². The van der Waals surface area contributed by atoms with Gasteiger partial charge in [0, 0.05) is 16.9 Å². The van der Waals surface area contributed by atoms with Gasteiger partial charge >= 0.3 is 0 Å². The van der Waals surface area contributed by atoms with Gasteiger partial charge in [0.1, 0.15) is 5.01 Å². The summed E-state index contributed by atoms with van der Waals surface area (Å²) in [5, 5.41) is 3.79. The Kier molecular flexibility index (Phi) is 4.35. The molecule has 3 nitrogen and oxygen atoms in total. The molecule has 0 aliphatic rings. The standard InChI is InChI=1S/C13H16ClN3S/c1-17(2)12(10-5-3-4-6-11(10)14)13-16-9(7-15)8-18-13/h3-6,8,12H,7,15H2,1-2H3. The van der Waals surface area contributed by atoms with E-state index in [9.17, 15) is 0 Å². The summed E-state index contributed by atoms with van der Waals surface area (Å²) in [6.07, 6.45) is 0. The molecule has 0 saturated carbocycles. The Morgan fingerprint density at radius 2 is 2.11 bits per heavy atom. The average Bonchev–Trinajstić information content (AvgIpc) is 2.80. The second-order valence-electron chi connectivity index (χ2n) is 4.27. The minimum absolute atomic E-state index is 0.0731. The largest absolute Gasteiger partial charge is 0.325 e. The quantitative estimate of drug-likeness (QED) is 0.937. The van der Waals surface area contributed by atoms with E-state index in [4.69, 9.17) is 17.3 Å². The molecule has 1 unspecified atom stereocenters. The molecule has 5 heteroatoms. The molecule has 0 aliphatic heterocycles. The molecule has 2 rings (SSSR count). The van der Waals surface area contributed by atoms with Crippen molar-refractivity contribution >= 4 is 22.9 Å². The van der Waals surface area contributed by atoms with E-state index >= 15 is 0 Å². The number of halogens is 1. The van der Waals surface area contributed by atoms with Gasteiger partial charge < -0.3 is 5.73 Å². The highest BCUT2D eigenvalue weighted by Crippen LogP contribution is 2.33. The Morgan fingerprint density at radius 1 is 1.39 bits per heavy atom. The van der Waals surface area contributed by atoms with Gasteiger partial charge in [0.05, 0.1) is 11.7 Å². The predicted octanol–water partition coefficient (Wildman–Crippen LogP) is 2.91. The van der Waals surface area contributed by atoms with Gasteiger partial charge in [0.2, 0.25) is 0 Å². The molecule has 0 aliphatic carbocycles. The summed E-state index contributed by atoms with van der Waals surface area (Å²) < 4.78 is 0. The molecule has 2 N–H and O–H groups in total. The van der Waals surface area contributed by atoms with Crippen molar-refractivity contribution in [1.82, 2.24) is 9.88 Å². The second-order valence-corrected chi connectivity index (χ2v) is 5.57. The first-order valence-corrected chi connectivity index (χ1v) is 6.94. The Balaban J connectivity index is 2.43. The van der Waals surface area contributed by atoms with Crippen LogP contribution in [-0.4, -0.2) is 24.0 Å². The van der Waals surface area contributed by atoms with Crippen LogP contribution in [0.2, 0.25) is 5.02 Å². The predicted molar refractivity (Wildman–Crippen MR) is 77.0 cm³/mol. The number of aromatic nitrogens is 1. The van der Waals surface area contributed by atoms with Gasteiger partial charge in [-0.3, -0.25) is 4.90 Å². The smallest absolute Gasteiger partial charge is 0.115 e. The number of rotatable bonds is 4. The Hall–Kier alpha value is -0.940. The number of hydrogen-bond donors (Lipinski definition) is 1. The summed E-state index contributed by atoms with van der Waals surface area (Å²) in [6.45, 7) is 0.471. The van der Waals surface area contributed by atoms with Crippen LogP contribution >= 0.6 is 22.9 Å². The van der Waals surface area contributed by atoms with Gasteiger partial charge in [-0.15, -0.1) is 11.3 Å². The number of nitrogens with zero attached hydrogens (tertiary/aromatic N) is 2. The van der Waals surface area contributed by atoms with Crippen LogP contribution < -0.4 is 5.73 Å². The summed E-state index contributed by atoms with van der Waals surface area (Å²) >= 11 is 7.90. The summed E-state index contributed by atoms with van der Waals surface area (Å²) in [6, 6.07) is 7.95. The van der Waals surface area contributed by atoms with E-state index in [-0.39, 0.29) is 6.04 Å². The number of benzene rings is 1. The minimum atomic E-state index is 0.0731. The monoisotopic (exact) mass is 281 g/mol. The van der Waals surface area contributed by atoms with Crippen molar-refractivity contribution < 1.29 is 0 Å². The molecular weight excluding hydrogens is 266 g/mol. The van der Waals surface area contributed by atoms with Crippen LogP contribution in [0.15, 0.2) is 29.6 Å². The number of nitrogens with two attached hydrogens (primary N) is 1. The lowest BCUT2D eigenvalue weighted by molar-refractivity contribution is 0.341. The average molecular weight is 282 g/mol. The van der Waals surface area contributed by atoms with Gasteiger partial charge in [-0.2, -0.15) is 0 Å². The molecule has 1 heterocycles. The summed E-state index contributed by atoms with van der Waals surface area (Å²) in [5.41, 5.74) is 7.61. The van der Waals surface area contributed by atoms with Crippen molar-refractivity contribution in [3.63, 3.8) is 0 Å². The Morgan fingerprint density at radius 3 is 2.67 bits per heavy atom. The van der Waals surface area contributed by atoms with E-state index < -0.39 is 0 Å². The second kappa shape index (κ2) is 5.80. The molecule has 0 fully saturated rings. The molecule has 0 saturated heterocycles. The molecule has 0 amide bonds. The molecule has 0 spiro atoms. The van der Waals surface area contributed by atoms with Crippen LogP contribution in [0.3, 0.4) is 0 Å². The van der Waals surface area contributed by atoms with E-state index in [1.165, 1.54) is 0 Å². The van der Waals surface area contributed by atoms with Crippen molar-refractivity contribution in [3.05, 3.63) is 50.9 Å². The third-order valence-corrected chi connectivity index (χ3v) is 4.02. The zero-order valence-electron chi connectivity index (χ0n) is 10.4. The van der Waals surface area contributed by atoms with E-state index in [0.29, 0.717) is 6.54 Å². The third-order valence-electron chi connectivity index (χ3n) is 2.73. The highest BCUT2D eigenvalue weighted by Gasteiger charge is 2.22. The van der Waals surface area contributed by atoms with Gasteiger partial charge in [-0.25, -0.2) is 4.98 Å². The lowest BCUT2D eigenvalue weighted by Crippen LogP contribution is -2.21. The Labute approximate surface area is 116 Å². The maximum atomic E-state index is 6.28. The first-order valence-electron chi connectivity index (χ1n) is 5.68. The van der Waals surface area contributed by atoms with Crippen molar-refractivity contribution in [2.24, 2.45) is 5.73 Å². The summed E-state index contributed by atoms with van der Waals surface area (Å²) in [5.74, 6) is 0. The zero-order chi connectivity index (χ0) is 13.1. The number of thiazole rings is 1. The van der Waals surface area contributed by atoms with Gasteiger partial charge in [-0.05, 0) is 25.7 Å². The third kappa shape index (κ3) is 2.72. The fourth-order valence-corrected chi connectivity index (χ4v) is 3.15. The summed E-state index contributed by atoms with van der Waals surface area (Å²) in [4.78, 5) is 6.67. The maximum Gasteiger partial charge on any atom is 0.115 e. The topological polar surface area (TPSA) is 42.2 Å². The fraction of sp³-hybridized carbons (Fsp3) is 0.308. The lowest BCUT2D eigenvalue weighted by Gasteiger charge is -2.23. The number of hydrogen-bond acceptors (Lipinski definition) is 4. The van der Waals surface area contributed by atoms with Gasteiger partial charge in [-0.1, -0.05) is 29.8 Å². The maximum absolute atomic E-state index is 6.28. The molecule has 0 radical (unpaired) electrons. The fourth-order valence-electron chi connectivity index (χ4n) is 1.87. The Bertz CT molecular complexity index is 524. The first kappa shape index (κ1) is 13.5. The zero-order valence-corrected chi connectivity index (χ0v) is 12.0. The lowest BCUT2D eigenvalue weighted by atomic mass is 10.1. The molecule has 2 aromatic rings. The van der Waals surface area contributed by atoms with Crippen molar-refractivity contribution in [1.29, 1.82) is 0 Å². The summed E-state index contributed by atoms with van der Waals surface area (Å²) in [7, 11) is 4.05. The molecule has 1 aromatic carbocycles. The van der Waals surface area contributed by atoms with Crippen LogP contribution in [0.25, 0.3) is 0 Å². The van der Waals surface area contributed by atoms with Crippen LogP contribution in [-0.2, 0) is 6.54 Å². The van der Waals surface area contributed by atoms with E-state index in [1.807, 2.05) is 43.7 Å². The van der Waals surface area contributed by atoms with Crippen molar-refractivity contribution in [2.75, 3.05) is 14.1 Å². The minimum Gasteiger partial charge on any atom is -0.325 e. The first-order chi connectivity index (χ1) is 8.63. The highest BCUT2D eigenvalue weighted by atomic mass is 35.5. The molecule has 96 valence electrons. The van der Waals surface area contributed by atoms with Crippen LogP contribution in [0.4, 0.5) is 0 Å².